The molecule has 0 bridgehead atoms. The number of fused-ring (bicyclic) bond motifs is 1. The summed E-state index contributed by atoms with van der Waals surface area (Å²) >= 11 is 1.46. The maximum Gasteiger partial charge on any atom is 0.254 e. The lowest BCUT2D eigenvalue weighted by atomic mass is 10.1. The highest BCUT2D eigenvalue weighted by Crippen LogP contribution is 2.33. The minimum absolute atomic E-state index is 0.00723. The monoisotopic (exact) mass is 502 g/mol. The van der Waals surface area contributed by atoms with Gasteiger partial charge in [-0.1, -0.05) is 30.3 Å². The van der Waals surface area contributed by atoms with Gasteiger partial charge in [-0.05, 0) is 60.0 Å². The van der Waals surface area contributed by atoms with Gasteiger partial charge in [-0.25, -0.2) is 4.39 Å². The van der Waals surface area contributed by atoms with Crippen LogP contribution in [0.5, 0.6) is 5.75 Å². The van der Waals surface area contributed by atoms with E-state index in [1.807, 2.05) is 59.5 Å². The molecule has 1 fully saturated rings. The number of para-hydroxylation sites is 1. The molecule has 1 aliphatic rings. The zero-order chi connectivity index (χ0) is 24.9. The first kappa shape index (κ1) is 24.1. The van der Waals surface area contributed by atoms with E-state index in [0.29, 0.717) is 24.4 Å². The minimum atomic E-state index is -0.227. The predicted octanol–water partition coefficient (Wildman–Crippen LogP) is 5.46. The molecular weight excluding hydrogens is 475 g/mol. The molecule has 1 N–H and O–H groups in total. The number of anilines is 1. The quantitative estimate of drug-likeness (QED) is 0.339. The Morgan fingerprint density at radius 2 is 1.81 bits per heavy atom. The Morgan fingerprint density at radius 3 is 2.58 bits per heavy atom. The zero-order valence-corrected chi connectivity index (χ0v) is 20.8. The molecule has 1 amide bonds. The molecule has 3 aromatic carbocycles. The number of amides is 1. The summed E-state index contributed by atoms with van der Waals surface area (Å²) in [4.78, 5) is 22.8. The van der Waals surface area contributed by atoms with Crippen molar-refractivity contribution in [2.24, 2.45) is 0 Å². The van der Waals surface area contributed by atoms with E-state index < -0.39 is 0 Å². The molecule has 2 heterocycles. The number of pyridine rings is 1. The number of rotatable bonds is 7. The lowest BCUT2D eigenvalue weighted by molar-refractivity contribution is 0.0628. The number of benzene rings is 3. The molecule has 0 radical (unpaired) electrons. The average Bonchev–Trinajstić information content (AvgIpc) is 2.93. The summed E-state index contributed by atoms with van der Waals surface area (Å²) in [7, 11) is 1.60. The van der Waals surface area contributed by atoms with Crippen molar-refractivity contribution in [2.75, 3.05) is 38.0 Å². The Bertz CT molecular complexity index is 1350. The third-order valence-corrected chi connectivity index (χ3v) is 7.17. The highest BCUT2D eigenvalue weighted by Gasteiger charge is 2.23. The van der Waals surface area contributed by atoms with Crippen LogP contribution < -0.4 is 9.46 Å². The maximum absolute atomic E-state index is 13.2. The molecule has 0 saturated carbocycles. The molecule has 4 aromatic rings. The number of nitrogens with zero attached hydrogens (tertiary/aromatic N) is 3. The van der Waals surface area contributed by atoms with Gasteiger partial charge < -0.3 is 14.4 Å². The standard InChI is InChI=1S/C28H27FN4O2S/c1-35-25-18-22(9-12-24(25)31-36-26-6-2-4-21-5-3-13-30-27(21)26)28(34)33-16-14-32(15-17-33)19-20-7-10-23(29)11-8-20/h2-13,18,31H,14-17,19H2,1H3. The summed E-state index contributed by atoms with van der Waals surface area (Å²) < 4.78 is 22.1. The van der Waals surface area contributed by atoms with E-state index in [0.717, 1.165) is 46.7 Å². The van der Waals surface area contributed by atoms with Crippen molar-refractivity contribution >= 4 is 34.4 Å². The Hall–Kier alpha value is -3.62. The number of halogens is 1. The van der Waals surface area contributed by atoms with E-state index in [1.165, 1.54) is 24.1 Å². The summed E-state index contributed by atoms with van der Waals surface area (Å²) in [6, 6.07) is 22.1. The van der Waals surface area contributed by atoms with E-state index in [4.69, 9.17) is 4.74 Å². The normalized spacial score (nSPS) is 14.1. The highest BCUT2D eigenvalue weighted by molar-refractivity contribution is 8.00. The van der Waals surface area contributed by atoms with Crippen molar-refractivity contribution in [1.82, 2.24) is 14.8 Å². The summed E-state index contributed by atoms with van der Waals surface area (Å²) in [5.74, 6) is 0.374. The van der Waals surface area contributed by atoms with E-state index in [-0.39, 0.29) is 11.7 Å². The number of ether oxygens (including phenoxy) is 1. The van der Waals surface area contributed by atoms with Gasteiger partial charge in [-0.15, -0.1) is 0 Å². The van der Waals surface area contributed by atoms with E-state index >= 15 is 0 Å². The van der Waals surface area contributed by atoms with Gasteiger partial charge in [0.1, 0.15) is 11.6 Å². The smallest absolute Gasteiger partial charge is 0.254 e. The van der Waals surface area contributed by atoms with E-state index in [9.17, 15) is 9.18 Å². The van der Waals surface area contributed by atoms with Crippen LogP contribution in [-0.2, 0) is 6.54 Å². The van der Waals surface area contributed by atoms with Gasteiger partial charge in [0.25, 0.3) is 5.91 Å². The second-order valence-electron chi connectivity index (χ2n) is 8.65. The number of aromatic nitrogens is 1. The van der Waals surface area contributed by atoms with Crippen LogP contribution in [0.15, 0.2) is 83.9 Å². The van der Waals surface area contributed by atoms with Gasteiger partial charge in [0.15, 0.2) is 0 Å². The molecule has 1 saturated heterocycles. The van der Waals surface area contributed by atoms with Crippen LogP contribution in [-0.4, -0.2) is 54.0 Å². The first-order valence-corrected chi connectivity index (χ1v) is 12.6. The fourth-order valence-corrected chi connectivity index (χ4v) is 5.12. The van der Waals surface area contributed by atoms with Crippen LogP contribution in [0.1, 0.15) is 15.9 Å². The molecule has 0 spiro atoms. The van der Waals surface area contributed by atoms with Gasteiger partial charge in [-0.3, -0.25) is 14.7 Å². The predicted molar refractivity (Wildman–Crippen MR) is 142 cm³/mol. The van der Waals surface area contributed by atoms with Crippen molar-refractivity contribution in [1.29, 1.82) is 0 Å². The Kier molecular flexibility index (Phi) is 7.34. The van der Waals surface area contributed by atoms with Gasteiger partial charge >= 0.3 is 0 Å². The van der Waals surface area contributed by atoms with Crippen LogP contribution in [0, 0.1) is 5.82 Å². The molecule has 0 aliphatic carbocycles. The third-order valence-electron chi connectivity index (χ3n) is 6.29. The van der Waals surface area contributed by atoms with Crippen molar-refractivity contribution in [3.8, 4) is 5.75 Å². The molecule has 6 nitrogen and oxygen atoms in total. The van der Waals surface area contributed by atoms with E-state index in [2.05, 4.69) is 14.6 Å². The number of hydrogen-bond acceptors (Lipinski definition) is 6. The molecule has 0 unspecified atom stereocenters. The zero-order valence-electron chi connectivity index (χ0n) is 20.0. The minimum Gasteiger partial charge on any atom is -0.495 e. The fraction of sp³-hybridized carbons (Fsp3) is 0.214. The fourth-order valence-electron chi connectivity index (χ4n) is 4.32. The molecular formula is C28H27FN4O2S. The SMILES string of the molecule is COc1cc(C(=O)N2CCN(Cc3ccc(F)cc3)CC2)ccc1NSc1cccc2cccnc12. The summed E-state index contributed by atoms with van der Waals surface area (Å²) in [6.07, 6.45) is 1.79. The maximum atomic E-state index is 13.2. The number of carbonyl (C=O) groups is 1. The molecule has 5 rings (SSSR count). The number of nitrogens with one attached hydrogen (secondary N) is 1. The third kappa shape index (κ3) is 5.45. The summed E-state index contributed by atoms with van der Waals surface area (Å²) in [5.41, 5.74) is 3.39. The first-order valence-electron chi connectivity index (χ1n) is 11.8. The van der Waals surface area contributed by atoms with Gasteiger partial charge in [0.2, 0.25) is 0 Å². The lowest BCUT2D eigenvalue weighted by Gasteiger charge is -2.35. The number of methoxy groups -OCH3 is 1. The van der Waals surface area contributed by atoms with Gasteiger partial charge in [-0.2, -0.15) is 0 Å². The van der Waals surface area contributed by atoms with E-state index in [1.54, 1.807) is 19.4 Å². The molecule has 184 valence electrons. The first-order chi connectivity index (χ1) is 17.6. The second kappa shape index (κ2) is 11.0. The number of hydrogen-bond donors (Lipinski definition) is 1. The molecule has 0 atom stereocenters. The largest absolute Gasteiger partial charge is 0.495 e. The number of piperazine rings is 1. The Balaban J connectivity index is 1.21. The van der Waals surface area contributed by atoms with Crippen LogP contribution in [0.25, 0.3) is 10.9 Å². The Labute approximate surface area is 214 Å². The lowest BCUT2D eigenvalue weighted by Crippen LogP contribution is -2.48. The van der Waals surface area contributed by atoms with Gasteiger partial charge in [0.05, 0.1) is 23.2 Å². The molecule has 36 heavy (non-hydrogen) atoms. The summed E-state index contributed by atoms with van der Waals surface area (Å²) in [6.45, 7) is 3.59. The second-order valence-corrected chi connectivity index (χ2v) is 9.49. The van der Waals surface area contributed by atoms with Crippen LogP contribution in [0.3, 0.4) is 0 Å². The van der Waals surface area contributed by atoms with Crippen molar-refractivity contribution in [3.63, 3.8) is 0 Å². The summed E-state index contributed by atoms with van der Waals surface area (Å²) in [5, 5.41) is 1.08. The Morgan fingerprint density at radius 1 is 1.03 bits per heavy atom. The molecule has 1 aromatic heterocycles. The van der Waals surface area contributed by atoms with Crippen molar-refractivity contribution < 1.29 is 13.9 Å². The van der Waals surface area contributed by atoms with Crippen molar-refractivity contribution in [2.45, 2.75) is 11.4 Å². The van der Waals surface area contributed by atoms with Crippen molar-refractivity contribution in [3.05, 3.63) is 95.9 Å². The average molecular weight is 503 g/mol. The van der Waals surface area contributed by atoms with Gasteiger partial charge in [0, 0.05) is 49.9 Å². The number of carbonyl (C=O) groups excluding carboxylic acids is 1. The molecule has 8 heteroatoms. The van der Waals surface area contributed by atoms with Crippen LogP contribution in [0.4, 0.5) is 10.1 Å². The van der Waals surface area contributed by atoms with Crippen LogP contribution in [0.2, 0.25) is 0 Å². The molecule has 1 aliphatic heterocycles. The van der Waals surface area contributed by atoms with Crippen LogP contribution >= 0.6 is 11.9 Å². The highest BCUT2D eigenvalue weighted by atomic mass is 32.2. The topological polar surface area (TPSA) is 57.7 Å².